The van der Waals surface area contributed by atoms with Gasteiger partial charge in [-0.1, -0.05) is 37.6 Å². The van der Waals surface area contributed by atoms with E-state index in [1.165, 1.54) is 49.2 Å². The number of nitrogens with one attached hydrogen (secondary N) is 1. The molecular weight excluding hydrogens is 356 g/mol. The van der Waals surface area contributed by atoms with Crippen LogP contribution >= 0.6 is 0 Å². The molecular formula is C22H34N2O4. The van der Waals surface area contributed by atoms with E-state index in [4.69, 9.17) is 10.2 Å². The highest BCUT2D eigenvalue weighted by molar-refractivity contribution is 5.89. The Balaban J connectivity index is 0.000000416. The van der Waals surface area contributed by atoms with Gasteiger partial charge in [-0.15, -0.1) is 0 Å². The van der Waals surface area contributed by atoms with Gasteiger partial charge in [-0.2, -0.15) is 0 Å². The molecule has 1 aliphatic heterocycles. The Morgan fingerprint density at radius 1 is 1.14 bits per heavy atom. The van der Waals surface area contributed by atoms with E-state index in [0.717, 1.165) is 18.5 Å². The second kappa shape index (κ2) is 12.3. The Bertz CT molecular complexity index is 649. The highest BCUT2D eigenvalue weighted by Gasteiger charge is 2.22. The number of carboxylic acids is 2. The van der Waals surface area contributed by atoms with Crippen LogP contribution in [0.1, 0.15) is 43.4 Å². The zero-order chi connectivity index (χ0) is 21.1. The molecule has 0 atom stereocenters. The minimum absolute atomic E-state index is 0.558. The molecule has 1 heterocycles. The van der Waals surface area contributed by atoms with Crippen LogP contribution in [-0.2, 0) is 16.1 Å². The third-order valence-corrected chi connectivity index (χ3v) is 4.67. The SMILES string of the molecule is Cc1ccc(C)c(CN(CC(C)C)C2CCNCC2)c1.O=C(O)C=CC(=O)O. The van der Waals surface area contributed by atoms with Crippen molar-refractivity contribution in [2.75, 3.05) is 19.6 Å². The minimum Gasteiger partial charge on any atom is -0.478 e. The molecule has 1 fully saturated rings. The first-order chi connectivity index (χ1) is 13.2. The summed E-state index contributed by atoms with van der Waals surface area (Å²) >= 11 is 0. The minimum atomic E-state index is -1.26. The summed E-state index contributed by atoms with van der Waals surface area (Å²) in [4.78, 5) is 21.8. The average molecular weight is 391 g/mol. The molecule has 1 aromatic rings. The summed E-state index contributed by atoms with van der Waals surface area (Å²) in [6.07, 6.45) is 3.69. The first-order valence-electron chi connectivity index (χ1n) is 9.83. The topological polar surface area (TPSA) is 89.9 Å². The van der Waals surface area contributed by atoms with Crippen molar-refractivity contribution in [1.82, 2.24) is 10.2 Å². The van der Waals surface area contributed by atoms with Crippen LogP contribution in [0.5, 0.6) is 0 Å². The van der Waals surface area contributed by atoms with Crippen molar-refractivity contribution in [2.24, 2.45) is 5.92 Å². The van der Waals surface area contributed by atoms with E-state index in [0.29, 0.717) is 12.2 Å². The van der Waals surface area contributed by atoms with Crippen molar-refractivity contribution in [2.45, 2.75) is 53.1 Å². The lowest BCUT2D eigenvalue weighted by molar-refractivity contribution is -0.134. The highest BCUT2D eigenvalue weighted by Crippen LogP contribution is 2.20. The zero-order valence-corrected chi connectivity index (χ0v) is 17.4. The number of nitrogens with zero attached hydrogens (tertiary/aromatic N) is 1. The van der Waals surface area contributed by atoms with Crippen LogP contribution in [0.15, 0.2) is 30.4 Å². The number of piperidine rings is 1. The number of carboxylic acid groups (broad SMARTS) is 2. The molecule has 3 N–H and O–H groups in total. The molecule has 156 valence electrons. The van der Waals surface area contributed by atoms with Crippen molar-refractivity contribution in [1.29, 1.82) is 0 Å². The van der Waals surface area contributed by atoms with Gasteiger partial charge in [-0.3, -0.25) is 4.90 Å². The van der Waals surface area contributed by atoms with Crippen LogP contribution in [-0.4, -0.2) is 52.7 Å². The van der Waals surface area contributed by atoms with Crippen molar-refractivity contribution in [3.63, 3.8) is 0 Å². The van der Waals surface area contributed by atoms with Crippen LogP contribution in [0.3, 0.4) is 0 Å². The van der Waals surface area contributed by atoms with Gasteiger partial charge in [0, 0.05) is 31.3 Å². The molecule has 0 radical (unpaired) electrons. The maximum absolute atomic E-state index is 9.55. The van der Waals surface area contributed by atoms with Gasteiger partial charge in [0.05, 0.1) is 0 Å². The van der Waals surface area contributed by atoms with E-state index in [9.17, 15) is 9.59 Å². The van der Waals surface area contributed by atoms with E-state index in [2.05, 4.69) is 56.1 Å². The van der Waals surface area contributed by atoms with Crippen molar-refractivity contribution in [3.05, 3.63) is 47.0 Å². The molecule has 0 aromatic heterocycles. The van der Waals surface area contributed by atoms with Gasteiger partial charge in [-0.05, 0) is 56.8 Å². The lowest BCUT2D eigenvalue weighted by atomic mass is 10.00. The molecule has 0 amide bonds. The predicted octanol–water partition coefficient (Wildman–Crippen LogP) is 3.23. The van der Waals surface area contributed by atoms with E-state index < -0.39 is 11.9 Å². The summed E-state index contributed by atoms with van der Waals surface area (Å²) in [5.41, 5.74) is 4.31. The smallest absolute Gasteiger partial charge is 0.328 e. The summed E-state index contributed by atoms with van der Waals surface area (Å²) in [6.45, 7) is 13.8. The fourth-order valence-corrected chi connectivity index (χ4v) is 3.32. The Morgan fingerprint density at radius 2 is 1.71 bits per heavy atom. The van der Waals surface area contributed by atoms with Crippen LogP contribution in [0, 0.1) is 19.8 Å². The standard InChI is InChI=1S/C18H30N2.C4H4O4/c1-14(2)12-20(18-7-9-19-10-8-18)13-17-11-15(3)5-6-16(17)4;5-3(6)1-2-4(7)8/h5-6,11,14,18-19H,7-10,12-13H2,1-4H3;1-2H,(H,5,6)(H,7,8). The molecule has 0 aliphatic carbocycles. The highest BCUT2D eigenvalue weighted by atomic mass is 16.4. The van der Waals surface area contributed by atoms with Crippen molar-refractivity contribution in [3.8, 4) is 0 Å². The van der Waals surface area contributed by atoms with E-state index in [1.54, 1.807) is 0 Å². The Labute approximate surface area is 168 Å². The van der Waals surface area contributed by atoms with Crippen LogP contribution in [0.25, 0.3) is 0 Å². The molecule has 0 spiro atoms. The third-order valence-electron chi connectivity index (χ3n) is 4.67. The van der Waals surface area contributed by atoms with Crippen LogP contribution < -0.4 is 5.32 Å². The Morgan fingerprint density at radius 3 is 2.21 bits per heavy atom. The summed E-state index contributed by atoms with van der Waals surface area (Å²) in [5.74, 6) is -1.78. The van der Waals surface area contributed by atoms with Gasteiger partial charge >= 0.3 is 11.9 Å². The first kappa shape index (κ1) is 23.9. The predicted molar refractivity (Wildman–Crippen MR) is 111 cm³/mol. The number of hydrogen-bond acceptors (Lipinski definition) is 4. The molecule has 1 aromatic carbocycles. The van der Waals surface area contributed by atoms with Gasteiger partial charge in [0.25, 0.3) is 0 Å². The fraction of sp³-hybridized carbons (Fsp3) is 0.545. The third kappa shape index (κ3) is 9.67. The monoisotopic (exact) mass is 390 g/mol. The molecule has 0 saturated carbocycles. The molecule has 1 aliphatic rings. The van der Waals surface area contributed by atoms with Gasteiger partial charge < -0.3 is 15.5 Å². The maximum atomic E-state index is 9.55. The van der Waals surface area contributed by atoms with Gasteiger partial charge in [0.2, 0.25) is 0 Å². The van der Waals surface area contributed by atoms with Crippen LogP contribution in [0.2, 0.25) is 0 Å². The molecule has 0 bridgehead atoms. The molecule has 28 heavy (non-hydrogen) atoms. The maximum Gasteiger partial charge on any atom is 0.328 e. The number of aryl methyl sites for hydroxylation is 2. The molecule has 1 saturated heterocycles. The Hall–Kier alpha value is -2.18. The largest absolute Gasteiger partial charge is 0.478 e. The molecule has 6 heteroatoms. The van der Waals surface area contributed by atoms with E-state index in [-0.39, 0.29) is 0 Å². The van der Waals surface area contributed by atoms with E-state index >= 15 is 0 Å². The number of rotatable bonds is 7. The molecule has 2 rings (SSSR count). The summed E-state index contributed by atoms with van der Waals surface area (Å²) in [7, 11) is 0. The van der Waals surface area contributed by atoms with Crippen LogP contribution in [0.4, 0.5) is 0 Å². The lowest BCUT2D eigenvalue weighted by Gasteiger charge is -2.36. The lowest BCUT2D eigenvalue weighted by Crippen LogP contribution is -2.44. The van der Waals surface area contributed by atoms with Gasteiger partial charge in [0.1, 0.15) is 0 Å². The van der Waals surface area contributed by atoms with Crippen molar-refractivity contribution < 1.29 is 19.8 Å². The number of hydrogen-bond donors (Lipinski definition) is 3. The summed E-state index contributed by atoms with van der Waals surface area (Å²) < 4.78 is 0. The normalized spacial score (nSPS) is 14.9. The summed E-state index contributed by atoms with van der Waals surface area (Å²) in [5, 5.41) is 19.1. The quantitative estimate of drug-likeness (QED) is 0.620. The number of aliphatic carboxylic acids is 2. The zero-order valence-electron chi connectivity index (χ0n) is 17.4. The van der Waals surface area contributed by atoms with Crippen molar-refractivity contribution >= 4 is 11.9 Å². The van der Waals surface area contributed by atoms with E-state index in [1.807, 2.05) is 0 Å². The van der Waals surface area contributed by atoms with Gasteiger partial charge in [0.15, 0.2) is 0 Å². The Kier molecular flexibility index (Phi) is 10.5. The summed E-state index contributed by atoms with van der Waals surface area (Å²) in [6, 6.07) is 7.60. The average Bonchev–Trinajstić information content (AvgIpc) is 2.63. The molecule has 0 unspecified atom stereocenters. The number of benzene rings is 1. The molecule has 6 nitrogen and oxygen atoms in total. The fourth-order valence-electron chi connectivity index (χ4n) is 3.32. The second-order valence-electron chi connectivity index (χ2n) is 7.74. The van der Waals surface area contributed by atoms with Gasteiger partial charge in [-0.25, -0.2) is 9.59 Å². The second-order valence-corrected chi connectivity index (χ2v) is 7.74. The number of carbonyl (C=O) groups is 2. The first-order valence-corrected chi connectivity index (χ1v) is 9.83.